The summed E-state index contributed by atoms with van der Waals surface area (Å²) in [5, 5.41) is 0.743. The van der Waals surface area contributed by atoms with E-state index >= 15 is 0 Å². The fraction of sp³-hybridized carbons (Fsp3) is 0.500. The van der Waals surface area contributed by atoms with Gasteiger partial charge in [-0.2, -0.15) is 0 Å². The summed E-state index contributed by atoms with van der Waals surface area (Å²) >= 11 is 11.5. The number of hydrogen-bond acceptors (Lipinski definition) is 2. The van der Waals surface area contributed by atoms with Gasteiger partial charge in [0.25, 0.3) is 0 Å². The van der Waals surface area contributed by atoms with Crippen LogP contribution in [0.25, 0.3) is 11.0 Å². The van der Waals surface area contributed by atoms with Gasteiger partial charge in [-0.1, -0.05) is 18.5 Å². The van der Waals surface area contributed by atoms with Gasteiger partial charge in [-0.3, -0.25) is 0 Å². The van der Waals surface area contributed by atoms with Gasteiger partial charge in [-0.25, -0.2) is 0 Å². The molecule has 2 heterocycles. The van der Waals surface area contributed by atoms with Gasteiger partial charge < -0.3 is 14.3 Å². The van der Waals surface area contributed by atoms with Crippen molar-refractivity contribution >= 4 is 34.9 Å². The molecule has 0 unspecified atom stereocenters. The van der Waals surface area contributed by atoms with Crippen molar-refractivity contribution in [1.82, 2.24) is 9.55 Å². The summed E-state index contributed by atoms with van der Waals surface area (Å²) in [5.74, 6) is 0. The molecule has 1 aromatic carbocycles. The molecule has 1 aliphatic heterocycles. The molecule has 0 saturated carbocycles. The number of ether oxygens (including phenoxy) is 1. The van der Waals surface area contributed by atoms with Crippen LogP contribution in [0.2, 0.25) is 5.02 Å². The van der Waals surface area contributed by atoms with Gasteiger partial charge in [0.15, 0.2) is 4.77 Å². The smallest absolute Gasteiger partial charge is 0.178 e. The van der Waals surface area contributed by atoms with Crippen LogP contribution in [-0.2, 0) is 11.3 Å². The minimum absolute atomic E-state index is 0.244. The predicted octanol–water partition coefficient (Wildman–Crippen LogP) is 4.17. The molecular weight excluding hydrogens is 280 g/mol. The van der Waals surface area contributed by atoms with Crippen molar-refractivity contribution in [1.29, 1.82) is 0 Å². The molecule has 2 aromatic rings. The summed E-state index contributed by atoms with van der Waals surface area (Å²) < 4.78 is 8.39. The second-order valence-corrected chi connectivity index (χ2v) is 6.42. The van der Waals surface area contributed by atoms with Crippen molar-refractivity contribution in [3.05, 3.63) is 28.0 Å². The predicted molar refractivity (Wildman–Crippen MR) is 80.3 cm³/mol. The molecule has 1 saturated heterocycles. The van der Waals surface area contributed by atoms with Crippen molar-refractivity contribution < 1.29 is 4.74 Å². The molecule has 0 bridgehead atoms. The number of hydrogen-bond donors (Lipinski definition) is 1. The highest BCUT2D eigenvalue weighted by molar-refractivity contribution is 7.71. The summed E-state index contributed by atoms with van der Waals surface area (Å²) in [5.41, 5.74) is 2.38. The van der Waals surface area contributed by atoms with Crippen molar-refractivity contribution in [2.45, 2.75) is 26.3 Å². The molecule has 5 heteroatoms. The van der Waals surface area contributed by atoms with Gasteiger partial charge in [0, 0.05) is 24.8 Å². The van der Waals surface area contributed by atoms with E-state index in [0.29, 0.717) is 0 Å². The number of fused-ring (bicyclic) bond motifs is 1. The lowest BCUT2D eigenvalue weighted by Crippen LogP contribution is -2.31. The minimum atomic E-state index is 0.244. The van der Waals surface area contributed by atoms with E-state index in [-0.39, 0.29) is 5.41 Å². The van der Waals surface area contributed by atoms with Crippen LogP contribution in [0.1, 0.15) is 19.8 Å². The Morgan fingerprint density at radius 3 is 2.89 bits per heavy atom. The average Bonchev–Trinajstić information content (AvgIpc) is 2.67. The first-order chi connectivity index (χ1) is 9.07. The number of rotatable bonds is 2. The Morgan fingerprint density at radius 2 is 2.16 bits per heavy atom. The maximum atomic E-state index is 6.10. The Labute approximate surface area is 122 Å². The number of imidazole rings is 1. The van der Waals surface area contributed by atoms with Crippen molar-refractivity contribution in [2.75, 3.05) is 13.2 Å². The van der Waals surface area contributed by atoms with E-state index in [2.05, 4.69) is 16.5 Å². The Balaban J connectivity index is 2.02. The molecule has 0 aliphatic carbocycles. The number of aromatic amines is 1. The Hall–Kier alpha value is -0.840. The number of nitrogens with one attached hydrogen (secondary N) is 1. The average molecular weight is 297 g/mol. The van der Waals surface area contributed by atoms with Crippen LogP contribution in [0.15, 0.2) is 18.2 Å². The molecule has 0 amide bonds. The highest BCUT2D eigenvalue weighted by Gasteiger charge is 2.28. The Kier molecular flexibility index (Phi) is 3.41. The van der Waals surface area contributed by atoms with Crippen LogP contribution >= 0.6 is 23.8 Å². The van der Waals surface area contributed by atoms with E-state index in [9.17, 15) is 0 Å². The van der Waals surface area contributed by atoms with Crippen molar-refractivity contribution in [2.24, 2.45) is 5.41 Å². The Bertz CT molecular complexity index is 655. The Morgan fingerprint density at radius 1 is 1.42 bits per heavy atom. The first-order valence-corrected chi connectivity index (χ1v) is 7.32. The number of halogens is 1. The molecular formula is C14H17ClN2OS. The zero-order chi connectivity index (χ0) is 13.5. The lowest BCUT2D eigenvalue weighted by atomic mass is 9.82. The summed E-state index contributed by atoms with van der Waals surface area (Å²) in [6.45, 7) is 4.90. The molecule has 0 atom stereocenters. The van der Waals surface area contributed by atoms with Gasteiger partial charge in [0.1, 0.15) is 0 Å². The highest BCUT2D eigenvalue weighted by Crippen LogP contribution is 2.33. The standard InChI is InChI=1S/C14H17ClN2OS/c1-14(4-6-18-7-5-14)9-17-12-8-10(15)2-3-11(12)16-13(17)19/h2-3,8H,4-7,9H2,1H3,(H,16,19). The van der Waals surface area contributed by atoms with E-state index in [1.165, 1.54) is 0 Å². The monoisotopic (exact) mass is 296 g/mol. The van der Waals surface area contributed by atoms with Gasteiger partial charge in [-0.15, -0.1) is 0 Å². The summed E-state index contributed by atoms with van der Waals surface area (Å²) in [6.07, 6.45) is 2.14. The third kappa shape index (κ3) is 2.57. The maximum Gasteiger partial charge on any atom is 0.178 e. The molecule has 0 radical (unpaired) electrons. The fourth-order valence-corrected chi connectivity index (χ4v) is 3.13. The van der Waals surface area contributed by atoms with Crippen LogP contribution in [-0.4, -0.2) is 22.8 Å². The molecule has 3 nitrogen and oxygen atoms in total. The van der Waals surface area contributed by atoms with Crippen LogP contribution in [0.3, 0.4) is 0 Å². The number of H-pyrrole nitrogens is 1. The SMILES string of the molecule is CC1(Cn2c(=S)[nH]c3ccc(Cl)cc32)CCOCC1. The second kappa shape index (κ2) is 4.93. The molecule has 1 fully saturated rings. The lowest BCUT2D eigenvalue weighted by Gasteiger charge is -2.33. The quantitative estimate of drug-likeness (QED) is 0.843. The largest absolute Gasteiger partial charge is 0.381 e. The third-order valence-corrected chi connectivity index (χ3v) is 4.53. The molecule has 0 spiro atoms. The number of aromatic nitrogens is 2. The third-order valence-electron chi connectivity index (χ3n) is 3.98. The summed E-state index contributed by atoms with van der Waals surface area (Å²) in [4.78, 5) is 3.25. The zero-order valence-electron chi connectivity index (χ0n) is 10.9. The second-order valence-electron chi connectivity index (χ2n) is 5.60. The lowest BCUT2D eigenvalue weighted by molar-refractivity contribution is 0.0159. The van der Waals surface area contributed by atoms with E-state index in [1.807, 2.05) is 18.2 Å². The van der Waals surface area contributed by atoms with Crippen LogP contribution < -0.4 is 0 Å². The molecule has 1 aromatic heterocycles. The van der Waals surface area contributed by atoms with E-state index in [0.717, 1.165) is 53.4 Å². The molecule has 3 rings (SSSR count). The van der Waals surface area contributed by atoms with Crippen LogP contribution in [0.4, 0.5) is 0 Å². The van der Waals surface area contributed by atoms with E-state index in [1.54, 1.807) is 0 Å². The van der Waals surface area contributed by atoms with Crippen LogP contribution in [0.5, 0.6) is 0 Å². The van der Waals surface area contributed by atoms with Crippen LogP contribution in [0, 0.1) is 10.2 Å². The molecule has 19 heavy (non-hydrogen) atoms. The minimum Gasteiger partial charge on any atom is -0.381 e. The van der Waals surface area contributed by atoms with E-state index < -0.39 is 0 Å². The fourth-order valence-electron chi connectivity index (χ4n) is 2.69. The van der Waals surface area contributed by atoms with Crippen molar-refractivity contribution in [3.8, 4) is 0 Å². The van der Waals surface area contributed by atoms with Gasteiger partial charge in [0.05, 0.1) is 11.0 Å². The maximum absolute atomic E-state index is 6.10. The normalized spacial score (nSPS) is 18.8. The topological polar surface area (TPSA) is 29.9 Å². The number of nitrogens with zero attached hydrogens (tertiary/aromatic N) is 1. The molecule has 1 aliphatic rings. The van der Waals surface area contributed by atoms with Gasteiger partial charge >= 0.3 is 0 Å². The number of benzene rings is 1. The first-order valence-electron chi connectivity index (χ1n) is 6.53. The highest BCUT2D eigenvalue weighted by atomic mass is 35.5. The summed E-state index contributed by atoms with van der Waals surface area (Å²) in [6, 6.07) is 5.85. The van der Waals surface area contributed by atoms with E-state index in [4.69, 9.17) is 28.6 Å². The zero-order valence-corrected chi connectivity index (χ0v) is 12.5. The molecule has 102 valence electrons. The molecule has 1 N–H and O–H groups in total. The van der Waals surface area contributed by atoms with Crippen molar-refractivity contribution in [3.63, 3.8) is 0 Å². The first kappa shape index (κ1) is 13.2. The van der Waals surface area contributed by atoms with Gasteiger partial charge in [-0.05, 0) is 48.7 Å². The summed E-state index contributed by atoms with van der Waals surface area (Å²) in [7, 11) is 0. The van der Waals surface area contributed by atoms with Gasteiger partial charge in [0.2, 0.25) is 0 Å².